The van der Waals surface area contributed by atoms with Gasteiger partial charge in [-0.3, -0.25) is 4.98 Å². The van der Waals surface area contributed by atoms with Crippen LogP contribution in [-0.2, 0) is 9.31 Å². The Balaban J connectivity index is 1.79. The first-order chi connectivity index (χ1) is 11.7. The third kappa shape index (κ3) is 3.61. The summed E-state index contributed by atoms with van der Waals surface area (Å²) in [5.41, 5.74) is 0.475. The van der Waals surface area contributed by atoms with Crippen molar-refractivity contribution in [1.29, 1.82) is 0 Å². The Labute approximate surface area is 152 Å². The van der Waals surface area contributed by atoms with Gasteiger partial charge in [0.15, 0.2) is 5.15 Å². The van der Waals surface area contributed by atoms with Gasteiger partial charge in [-0.2, -0.15) is 0 Å². The quantitative estimate of drug-likeness (QED) is 0.742. The average molecular weight is 361 g/mol. The predicted octanol–water partition coefficient (Wildman–Crippen LogP) is 4.74. The van der Waals surface area contributed by atoms with E-state index in [1.165, 1.54) is 12.3 Å². The lowest BCUT2D eigenvalue weighted by molar-refractivity contribution is 0.00578. The zero-order valence-electron chi connectivity index (χ0n) is 14.6. The molecule has 0 atom stereocenters. The van der Waals surface area contributed by atoms with Gasteiger partial charge in [0.05, 0.1) is 11.2 Å². The van der Waals surface area contributed by atoms with Crippen LogP contribution in [-0.4, -0.2) is 28.3 Å². The molecule has 0 aliphatic carbocycles. The number of nitrogens with zero attached hydrogens (tertiary/aromatic N) is 2. The van der Waals surface area contributed by atoms with Crippen molar-refractivity contribution in [3.8, 4) is 11.3 Å². The Hall–Kier alpha value is -1.76. The van der Waals surface area contributed by atoms with Crippen LogP contribution in [0.15, 0.2) is 42.4 Å². The highest BCUT2D eigenvalue weighted by atomic mass is 35.5. The molecule has 0 bridgehead atoms. The largest absolute Gasteiger partial charge is 0.525 e. The van der Waals surface area contributed by atoms with Crippen molar-refractivity contribution in [1.82, 2.24) is 9.97 Å². The molecule has 1 fully saturated rings. The number of halogens is 2. The van der Waals surface area contributed by atoms with E-state index in [4.69, 9.17) is 20.9 Å². The van der Waals surface area contributed by atoms with Crippen molar-refractivity contribution in [3.05, 3.63) is 53.1 Å². The molecule has 4 nitrogen and oxygen atoms in total. The Morgan fingerprint density at radius 3 is 2.16 bits per heavy atom. The van der Waals surface area contributed by atoms with Crippen LogP contribution in [0.2, 0.25) is 5.15 Å². The van der Waals surface area contributed by atoms with Gasteiger partial charge in [0, 0.05) is 18.0 Å². The van der Waals surface area contributed by atoms with E-state index in [1.807, 2.05) is 39.8 Å². The molecule has 1 aliphatic heterocycles. The van der Waals surface area contributed by atoms with E-state index in [1.54, 1.807) is 18.3 Å². The van der Waals surface area contributed by atoms with Crippen molar-refractivity contribution < 1.29 is 13.7 Å². The van der Waals surface area contributed by atoms with E-state index < -0.39 is 24.0 Å². The van der Waals surface area contributed by atoms with Gasteiger partial charge >= 0.3 is 7.12 Å². The summed E-state index contributed by atoms with van der Waals surface area (Å²) in [6, 6.07) is 7.20. The SMILES string of the molecule is CC1(C)OB(C(F)=Cc2ccc(-c3nccnc3Cl)cc2)OC1(C)C. The molecule has 0 radical (unpaired) electrons. The molecule has 1 aromatic heterocycles. The average Bonchev–Trinajstić information content (AvgIpc) is 2.77. The topological polar surface area (TPSA) is 44.2 Å². The van der Waals surface area contributed by atoms with Crippen molar-refractivity contribution >= 4 is 24.8 Å². The normalized spacial score (nSPS) is 19.3. The van der Waals surface area contributed by atoms with Crippen molar-refractivity contribution in [3.63, 3.8) is 0 Å². The third-order valence-corrected chi connectivity index (χ3v) is 4.90. The summed E-state index contributed by atoms with van der Waals surface area (Å²) in [4.78, 5) is 8.21. The minimum absolute atomic E-state index is 0.328. The second-order valence-corrected chi connectivity index (χ2v) is 7.29. The van der Waals surface area contributed by atoms with E-state index in [0.29, 0.717) is 16.4 Å². The van der Waals surface area contributed by atoms with Gasteiger partial charge in [-0.05, 0) is 39.3 Å². The minimum Gasteiger partial charge on any atom is -0.398 e. The lowest BCUT2D eigenvalue weighted by Gasteiger charge is -2.32. The Kier molecular flexibility index (Phi) is 4.71. The van der Waals surface area contributed by atoms with Gasteiger partial charge in [-0.25, -0.2) is 9.37 Å². The van der Waals surface area contributed by atoms with Gasteiger partial charge in [0.1, 0.15) is 11.4 Å². The predicted molar refractivity (Wildman–Crippen MR) is 97.6 cm³/mol. The monoisotopic (exact) mass is 360 g/mol. The van der Waals surface area contributed by atoms with Gasteiger partial charge < -0.3 is 9.31 Å². The summed E-state index contributed by atoms with van der Waals surface area (Å²) >= 11 is 6.04. The maximum atomic E-state index is 14.5. The highest BCUT2D eigenvalue weighted by Crippen LogP contribution is 2.39. The zero-order valence-corrected chi connectivity index (χ0v) is 15.3. The van der Waals surface area contributed by atoms with Crippen molar-refractivity contribution in [2.45, 2.75) is 38.9 Å². The molecule has 0 saturated carbocycles. The molecule has 0 spiro atoms. The second kappa shape index (κ2) is 6.52. The fraction of sp³-hybridized carbons (Fsp3) is 0.333. The van der Waals surface area contributed by atoms with Crippen LogP contribution in [0.1, 0.15) is 33.3 Å². The summed E-state index contributed by atoms with van der Waals surface area (Å²) in [5, 5.41) is 0.328. The maximum Gasteiger partial charge on any atom is 0.525 e. The molecule has 0 unspecified atom stereocenters. The number of hydrogen-bond acceptors (Lipinski definition) is 4. The lowest BCUT2D eigenvalue weighted by Crippen LogP contribution is -2.41. The number of rotatable bonds is 3. The molecule has 2 heterocycles. The fourth-order valence-corrected chi connectivity index (χ4v) is 2.65. The zero-order chi connectivity index (χ0) is 18.2. The molecule has 7 heteroatoms. The summed E-state index contributed by atoms with van der Waals surface area (Å²) in [6.07, 6.45) is 4.51. The van der Waals surface area contributed by atoms with Crippen LogP contribution in [0.5, 0.6) is 0 Å². The van der Waals surface area contributed by atoms with Crippen molar-refractivity contribution in [2.24, 2.45) is 0 Å². The summed E-state index contributed by atoms with van der Waals surface area (Å²) in [5.74, 6) is 0. The van der Waals surface area contributed by atoms with E-state index in [9.17, 15) is 4.39 Å². The van der Waals surface area contributed by atoms with Gasteiger partial charge in [0.25, 0.3) is 0 Å². The Morgan fingerprint density at radius 2 is 1.60 bits per heavy atom. The molecular formula is C18H19BClFN2O2. The van der Waals surface area contributed by atoms with E-state index >= 15 is 0 Å². The molecule has 3 rings (SSSR count). The second-order valence-electron chi connectivity index (χ2n) is 6.94. The highest BCUT2D eigenvalue weighted by molar-refractivity contribution is 6.54. The molecule has 130 valence electrons. The van der Waals surface area contributed by atoms with Crippen LogP contribution in [0.4, 0.5) is 4.39 Å². The third-order valence-electron chi connectivity index (χ3n) is 4.62. The summed E-state index contributed by atoms with van der Waals surface area (Å²) in [7, 11) is -1.00. The Morgan fingerprint density at radius 1 is 1.04 bits per heavy atom. The van der Waals surface area contributed by atoms with Crippen LogP contribution >= 0.6 is 11.6 Å². The van der Waals surface area contributed by atoms with Gasteiger partial charge in [-0.15, -0.1) is 0 Å². The van der Waals surface area contributed by atoms with E-state index in [2.05, 4.69) is 9.97 Å². The Bertz CT molecular complexity index is 793. The number of benzene rings is 1. The number of aromatic nitrogens is 2. The molecule has 1 saturated heterocycles. The summed E-state index contributed by atoms with van der Waals surface area (Å²) in [6.45, 7) is 7.55. The van der Waals surface area contributed by atoms with Crippen LogP contribution in [0, 0.1) is 0 Å². The first kappa shape index (κ1) is 18.0. The minimum atomic E-state index is -1.00. The summed E-state index contributed by atoms with van der Waals surface area (Å²) < 4.78 is 25.9. The molecule has 2 aromatic rings. The maximum absolute atomic E-state index is 14.5. The standard InChI is InChI=1S/C18H19BClFN2O2/c1-17(2)18(3,4)25-19(24-17)14(21)11-12-5-7-13(8-6-12)15-16(20)23-10-9-22-15/h5-11H,1-4H3. The molecule has 0 amide bonds. The van der Waals surface area contributed by atoms with Gasteiger partial charge in [0.2, 0.25) is 0 Å². The first-order valence-electron chi connectivity index (χ1n) is 7.99. The molecule has 1 aliphatic rings. The van der Waals surface area contributed by atoms with E-state index in [-0.39, 0.29) is 0 Å². The molecule has 0 N–H and O–H groups in total. The smallest absolute Gasteiger partial charge is 0.398 e. The van der Waals surface area contributed by atoms with Crippen LogP contribution < -0.4 is 0 Å². The van der Waals surface area contributed by atoms with Crippen LogP contribution in [0.3, 0.4) is 0 Å². The lowest BCUT2D eigenvalue weighted by atomic mass is 9.86. The van der Waals surface area contributed by atoms with Crippen LogP contribution in [0.25, 0.3) is 17.3 Å². The molecule has 1 aromatic carbocycles. The fourth-order valence-electron chi connectivity index (χ4n) is 2.43. The molecular weight excluding hydrogens is 341 g/mol. The highest BCUT2D eigenvalue weighted by Gasteiger charge is 2.53. The number of hydrogen-bond donors (Lipinski definition) is 0. The van der Waals surface area contributed by atoms with Crippen molar-refractivity contribution in [2.75, 3.05) is 0 Å². The first-order valence-corrected chi connectivity index (χ1v) is 8.37. The van der Waals surface area contributed by atoms with E-state index in [0.717, 1.165) is 5.56 Å². The molecule has 25 heavy (non-hydrogen) atoms. The van der Waals surface area contributed by atoms with Gasteiger partial charge in [-0.1, -0.05) is 35.9 Å².